The maximum absolute atomic E-state index is 13.6. The smallest absolute Gasteiger partial charge is 0.146 e. The van der Waals surface area contributed by atoms with Gasteiger partial charge in [0, 0.05) is 18.6 Å². The molecule has 0 spiro atoms. The fourth-order valence-corrected chi connectivity index (χ4v) is 2.29. The first-order valence-electron chi connectivity index (χ1n) is 6.10. The van der Waals surface area contributed by atoms with Crippen LogP contribution in [0.2, 0.25) is 0 Å². The lowest BCUT2D eigenvalue weighted by atomic mass is 9.98. The maximum atomic E-state index is 13.6. The van der Waals surface area contributed by atoms with Crippen molar-refractivity contribution in [2.24, 2.45) is 0 Å². The standard InChI is InChI=1S/C13H17FN2/c14-12-3-1-2-9-4-5-11(16-13(9)12)8-15-10-6-7-10/h1-3,10-11,15-16H,4-8H2. The van der Waals surface area contributed by atoms with E-state index in [1.807, 2.05) is 6.07 Å². The summed E-state index contributed by atoms with van der Waals surface area (Å²) in [7, 11) is 0. The van der Waals surface area contributed by atoms with Crippen molar-refractivity contribution in [2.45, 2.75) is 37.8 Å². The number of hydrogen-bond acceptors (Lipinski definition) is 2. The normalized spacial score (nSPS) is 23.7. The van der Waals surface area contributed by atoms with E-state index in [1.54, 1.807) is 6.07 Å². The molecule has 0 bridgehead atoms. The third-order valence-electron chi connectivity index (χ3n) is 3.44. The van der Waals surface area contributed by atoms with E-state index in [0.717, 1.165) is 36.7 Å². The summed E-state index contributed by atoms with van der Waals surface area (Å²) in [5, 5.41) is 6.80. The molecule has 0 amide bonds. The number of para-hydroxylation sites is 1. The lowest BCUT2D eigenvalue weighted by Crippen LogP contribution is -2.37. The van der Waals surface area contributed by atoms with Gasteiger partial charge in [0.2, 0.25) is 0 Å². The maximum Gasteiger partial charge on any atom is 0.146 e. The average molecular weight is 220 g/mol. The number of nitrogens with one attached hydrogen (secondary N) is 2. The fourth-order valence-electron chi connectivity index (χ4n) is 2.29. The van der Waals surface area contributed by atoms with Crippen LogP contribution in [0.15, 0.2) is 18.2 Å². The van der Waals surface area contributed by atoms with Gasteiger partial charge in [0.25, 0.3) is 0 Å². The number of benzene rings is 1. The molecule has 1 fully saturated rings. The lowest BCUT2D eigenvalue weighted by Gasteiger charge is -2.27. The summed E-state index contributed by atoms with van der Waals surface area (Å²) in [6.07, 6.45) is 4.68. The summed E-state index contributed by atoms with van der Waals surface area (Å²) >= 11 is 0. The molecule has 1 heterocycles. The Hall–Kier alpha value is -1.09. The zero-order valence-electron chi connectivity index (χ0n) is 9.30. The highest BCUT2D eigenvalue weighted by Gasteiger charge is 2.24. The highest BCUT2D eigenvalue weighted by molar-refractivity contribution is 5.55. The van der Waals surface area contributed by atoms with Gasteiger partial charge in [0.15, 0.2) is 0 Å². The predicted octanol–water partition coefficient (Wildman–Crippen LogP) is 2.30. The largest absolute Gasteiger partial charge is 0.378 e. The quantitative estimate of drug-likeness (QED) is 0.816. The van der Waals surface area contributed by atoms with Gasteiger partial charge >= 0.3 is 0 Å². The molecule has 1 aromatic carbocycles. The SMILES string of the molecule is Fc1cccc2c1NC(CNC1CC1)CC2. The molecule has 0 aromatic heterocycles. The Morgan fingerprint density at radius 3 is 3.00 bits per heavy atom. The number of halogens is 1. The van der Waals surface area contributed by atoms with E-state index in [9.17, 15) is 4.39 Å². The van der Waals surface area contributed by atoms with Gasteiger partial charge in [-0.3, -0.25) is 0 Å². The Labute approximate surface area is 95.2 Å². The zero-order valence-corrected chi connectivity index (χ0v) is 9.30. The Bertz CT molecular complexity index is 388. The number of aryl methyl sites for hydroxylation is 1. The Morgan fingerprint density at radius 2 is 2.19 bits per heavy atom. The van der Waals surface area contributed by atoms with Gasteiger partial charge in [0.1, 0.15) is 5.82 Å². The summed E-state index contributed by atoms with van der Waals surface area (Å²) in [4.78, 5) is 0. The van der Waals surface area contributed by atoms with E-state index >= 15 is 0 Å². The fraction of sp³-hybridized carbons (Fsp3) is 0.538. The predicted molar refractivity (Wildman–Crippen MR) is 63.2 cm³/mol. The number of hydrogen-bond donors (Lipinski definition) is 2. The molecular weight excluding hydrogens is 203 g/mol. The number of fused-ring (bicyclic) bond motifs is 1. The molecule has 2 aliphatic rings. The molecule has 3 heteroatoms. The van der Waals surface area contributed by atoms with Crippen molar-refractivity contribution in [3.8, 4) is 0 Å². The van der Waals surface area contributed by atoms with Crippen LogP contribution in [0.5, 0.6) is 0 Å². The summed E-state index contributed by atoms with van der Waals surface area (Å²) in [5.74, 6) is -0.117. The van der Waals surface area contributed by atoms with Crippen molar-refractivity contribution in [3.63, 3.8) is 0 Å². The molecule has 2 nitrogen and oxygen atoms in total. The second-order valence-electron chi connectivity index (χ2n) is 4.84. The summed E-state index contributed by atoms with van der Waals surface area (Å²) in [6, 6.07) is 6.44. The van der Waals surface area contributed by atoms with Crippen LogP contribution in [0, 0.1) is 5.82 Å². The minimum atomic E-state index is -0.117. The van der Waals surface area contributed by atoms with Gasteiger partial charge in [-0.1, -0.05) is 12.1 Å². The van der Waals surface area contributed by atoms with Crippen molar-refractivity contribution in [2.75, 3.05) is 11.9 Å². The minimum absolute atomic E-state index is 0.117. The van der Waals surface area contributed by atoms with Crippen molar-refractivity contribution in [3.05, 3.63) is 29.6 Å². The van der Waals surface area contributed by atoms with Crippen LogP contribution in [0.3, 0.4) is 0 Å². The highest BCUT2D eigenvalue weighted by atomic mass is 19.1. The molecule has 86 valence electrons. The first kappa shape index (κ1) is 10.1. The van der Waals surface area contributed by atoms with Crippen molar-refractivity contribution in [1.82, 2.24) is 5.32 Å². The third-order valence-corrected chi connectivity index (χ3v) is 3.44. The highest BCUT2D eigenvalue weighted by Crippen LogP contribution is 2.27. The summed E-state index contributed by atoms with van der Waals surface area (Å²) in [5.41, 5.74) is 1.83. The Kier molecular flexibility index (Phi) is 2.56. The van der Waals surface area contributed by atoms with Gasteiger partial charge < -0.3 is 10.6 Å². The van der Waals surface area contributed by atoms with Gasteiger partial charge in [0.05, 0.1) is 5.69 Å². The van der Waals surface area contributed by atoms with E-state index in [0.29, 0.717) is 6.04 Å². The molecule has 1 aromatic rings. The van der Waals surface area contributed by atoms with Gasteiger partial charge in [-0.05, 0) is 37.3 Å². The molecule has 1 saturated carbocycles. The molecule has 0 radical (unpaired) electrons. The molecule has 2 N–H and O–H groups in total. The summed E-state index contributed by atoms with van der Waals surface area (Å²) < 4.78 is 13.6. The third kappa shape index (κ3) is 2.05. The van der Waals surface area contributed by atoms with Gasteiger partial charge in [-0.15, -0.1) is 0 Å². The van der Waals surface area contributed by atoms with Crippen LogP contribution in [0.1, 0.15) is 24.8 Å². The van der Waals surface area contributed by atoms with E-state index in [2.05, 4.69) is 10.6 Å². The van der Waals surface area contributed by atoms with E-state index in [-0.39, 0.29) is 5.82 Å². The molecule has 1 unspecified atom stereocenters. The second-order valence-corrected chi connectivity index (χ2v) is 4.84. The van der Waals surface area contributed by atoms with Crippen molar-refractivity contribution in [1.29, 1.82) is 0 Å². The van der Waals surface area contributed by atoms with Crippen LogP contribution >= 0.6 is 0 Å². The first-order chi connectivity index (χ1) is 7.83. The van der Waals surface area contributed by atoms with Crippen LogP contribution in [-0.4, -0.2) is 18.6 Å². The minimum Gasteiger partial charge on any atom is -0.378 e. The van der Waals surface area contributed by atoms with Crippen LogP contribution in [-0.2, 0) is 6.42 Å². The number of anilines is 1. The van der Waals surface area contributed by atoms with E-state index in [1.165, 1.54) is 18.9 Å². The van der Waals surface area contributed by atoms with E-state index in [4.69, 9.17) is 0 Å². The van der Waals surface area contributed by atoms with Crippen LogP contribution in [0.4, 0.5) is 10.1 Å². The first-order valence-corrected chi connectivity index (χ1v) is 6.10. The molecule has 16 heavy (non-hydrogen) atoms. The van der Waals surface area contributed by atoms with Crippen LogP contribution in [0.25, 0.3) is 0 Å². The Balaban J connectivity index is 1.67. The zero-order chi connectivity index (χ0) is 11.0. The number of rotatable bonds is 3. The lowest BCUT2D eigenvalue weighted by molar-refractivity contribution is 0.545. The van der Waals surface area contributed by atoms with Crippen LogP contribution < -0.4 is 10.6 Å². The molecule has 1 aliphatic heterocycles. The Morgan fingerprint density at radius 1 is 1.31 bits per heavy atom. The van der Waals surface area contributed by atoms with Crippen molar-refractivity contribution < 1.29 is 4.39 Å². The average Bonchev–Trinajstić information content (AvgIpc) is 3.11. The van der Waals surface area contributed by atoms with Gasteiger partial charge in [-0.25, -0.2) is 4.39 Å². The van der Waals surface area contributed by atoms with Crippen molar-refractivity contribution >= 4 is 5.69 Å². The molecule has 3 rings (SSSR count). The topological polar surface area (TPSA) is 24.1 Å². The monoisotopic (exact) mass is 220 g/mol. The molecule has 0 saturated heterocycles. The van der Waals surface area contributed by atoms with E-state index < -0.39 is 0 Å². The van der Waals surface area contributed by atoms with Gasteiger partial charge in [-0.2, -0.15) is 0 Å². The molecule has 1 atom stereocenters. The molecule has 1 aliphatic carbocycles. The molecular formula is C13H17FN2. The summed E-state index contributed by atoms with van der Waals surface area (Å²) in [6.45, 7) is 0.957. The second kappa shape index (κ2) is 4.06.